The van der Waals surface area contributed by atoms with Crippen LogP contribution in [0.15, 0.2) is 61.1 Å². The van der Waals surface area contributed by atoms with E-state index in [1.54, 1.807) is 0 Å². The van der Waals surface area contributed by atoms with Crippen LogP contribution in [0.5, 0.6) is 0 Å². The lowest BCUT2D eigenvalue weighted by Crippen LogP contribution is -2.49. The molecule has 1 heterocycles. The highest BCUT2D eigenvalue weighted by molar-refractivity contribution is 5.86. The minimum absolute atomic E-state index is 0.0928. The number of carbonyl (C=O) groups is 3. The first-order chi connectivity index (χ1) is 16.9. The van der Waals surface area contributed by atoms with Crippen LogP contribution in [0.3, 0.4) is 0 Å². The average molecular weight is 479 g/mol. The minimum atomic E-state index is -1.25. The zero-order valence-corrected chi connectivity index (χ0v) is 18.8. The summed E-state index contributed by atoms with van der Waals surface area (Å²) in [4.78, 5) is 42.9. The van der Waals surface area contributed by atoms with Gasteiger partial charge >= 0.3 is 12.1 Å². The molecule has 1 aliphatic carbocycles. The summed E-state index contributed by atoms with van der Waals surface area (Å²) in [5.41, 5.74) is 4.96. The SMILES string of the molecule is O=C(O)CC(O)CNC(=O)C(Cc1cnc[nH]1)NC(=O)OCC1c2ccccc2-c2ccccc21. The summed E-state index contributed by atoms with van der Waals surface area (Å²) < 4.78 is 5.53. The molecule has 1 aliphatic rings. The number of carbonyl (C=O) groups excluding carboxylic acids is 2. The molecule has 1 aromatic heterocycles. The number of fused-ring (bicyclic) bond motifs is 3. The van der Waals surface area contributed by atoms with Gasteiger partial charge < -0.3 is 30.6 Å². The molecule has 10 heteroatoms. The van der Waals surface area contributed by atoms with E-state index < -0.39 is 36.5 Å². The van der Waals surface area contributed by atoms with Crippen LogP contribution in [-0.2, 0) is 20.7 Å². The van der Waals surface area contributed by atoms with Crippen LogP contribution < -0.4 is 10.6 Å². The molecule has 0 saturated heterocycles. The van der Waals surface area contributed by atoms with Gasteiger partial charge in [-0.15, -0.1) is 0 Å². The van der Waals surface area contributed by atoms with Crippen molar-refractivity contribution in [3.8, 4) is 11.1 Å². The van der Waals surface area contributed by atoms with Crippen LogP contribution in [0.1, 0.15) is 29.2 Å². The summed E-state index contributed by atoms with van der Waals surface area (Å²) in [7, 11) is 0. The number of aromatic nitrogens is 2. The van der Waals surface area contributed by atoms with Gasteiger partial charge in [-0.2, -0.15) is 0 Å². The molecule has 5 N–H and O–H groups in total. The van der Waals surface area contributed by atoms with Crippen LogP contribution >= 0.6 is 0 Å². The Hall–Kier alpha value is -4.18. The molecule has 182 valence electrons. The molecule has 4 rings (SSSR count). The van der Waals surface area contributed by atoms with Crippen LogP contribution in [0.4, 0.5) is 4.79 Å². The maximum absolute atomic E-state index is 12.7. The monoisotopic (exact) mass is 478 g/mol. The predicted molar refractivity (Wildman–Crippen MR) is 126 cm³/mol. The number of amides is 2. The first-order valence-electron chi connectivity index (χ1n) is 11.2. The molecule has 0 radical (unpaired) electrons. The topological polar surface area (TPSA) is 154 Å². The number of nitrogens with zero attached hydrogens (tertiary/aromatic N) is 1. The number of aliphatic hydroxyl groups excluding tert-OH is 1. The number of nitrogens with one attached hydrogen (secondary N) is 3. The second-order valence-electron chi connectivity index (χ2n) is 8.30. The third-order valence-corrected chi connectivity index (χ3v) is 5.85. The molecule has 2 atom stereocenters. The number of carboxylic acid groups (broad SMARTS) is 1. The number of H-pyrrole nitrogens is 1. The second kappa shape index (κ2) is 10.8. The van der Waals surface area contributed by atoms with Crippen LogP contribution in [-0.4, -0.2) is 63.4 Å². The van der Waals surface area contributed by atoms with E-state index in [4.69, 9.17) is 9.84 Å². The normalized spacial score (nSPS) is 13.9. The van der Waals surface area contributed by atoms with Gasteiger partial charge in [0.05, 0.1) is 18.9 Å². The molecular weight excluding hydrogens is 452 g/mol. The van der Waals surface area contributed by atoms with E-state index in [-0.39, 0.29) is 25.5 Å². The Balaban J connectivity index is 1.40. The third kappa shape index (κ3) is 5.85. The molecule has 0 fully saturated rings. The van der Waals surface area contributed by atoms with Gasteiger partial charge in [0.25, 0.3) is 0 Å². The quantitative estimate of drug-likeness (QED) is 0.298. The van der Waals surface area contributed by atoms with Crippen molar-refractivity contribution in [1.82, 2.24) is 20.6 Å². The number of rotatable bonds is 10. The van der Waals surface area contributed by atoms with E-state index in [0.29, 0.717) is 5.69 Å². The summed E-state index contributed by atoms with van der Waals surface area (Å²) >= 11 is 0. The number of aliphatic carboxylic acids is 1. The van der Waals surface area contributed by atoms with Crippen molar-refractivity contribution >= 4 is 18.0 Å². The maximum Gasteiger partial charge on any atom is 0.407 e. The highest BCUT2D eigenvalue weighted by atomic mass is 16.5. The maximum atomic E-state index is 12.7. The van der Waals surface area contributed by atoms with Crippen molar-refractivity contribution in [3.63, 3.8) is 0 Å². The van der Waals surface area contributed by atoms with Crippen molar-refractivity contribution < 1.29 is 29.3 Å². The zero-order chi connectivity index (χ0) is 24.8. The molecular formula is C25H26N4O6. The highest BCUT2D eigenvalue weighted by Crippen LogP contribution is 2.44. The Kier molecular flexibility index (Phi) is 7.41. The molecule has 0 aliphatic heterocycles. The summed E-state index contributed by atoms with van der Waals surface area (Å²) in [6, 6.07) is 14.9. The summed E-state index contributed by atoms with van der Waals surface area (Å²) in [5, 5.41) is 23.5. The molecule has 0 bridgehead atoms. The number of aromatic amines is 1. The number of imidazole rings is 1. The fraction of sp³-hybridized carbons (Fsp3) is 0.280. The number of alkyl carbamates (subject to hydrolysis) is 1. The van der Waals surface area contributed by atoms with Gasteiger partial charge in [0.1, 0.15) is 12.6 Å². The highest BCUT2D eigenvalue weighted by Gasteiger charge is 2.30. The first kappa shape index (κ1) is 24.0. The van der Waals surface area contributed by atoms with Crippen molar-refractivity contribution in [2.75, 3.05) is 13.2 Å². The van der Waals surface area contributed by atoms with Crippen molar-refractivity contribution in [2.24, 2.45) is 0 Å². The predicted octanol–water partition coefficient (Wildman–Crippen LogP) is 1.81. The van der Waals surface area contributed by atoms with Gasteiger partial charge in [0.2, 0.25) is 5.91 Å². The number of hydrogen-bond donors (Lipinski definition) is 5. The lowest BCUT2D eigenvalue weighted by Gasteiger charge is -2.20. The van der Waals surface area contributed by atoms with Gasteiger partial charge in [-0.1, -0.05) is 48.5 Å². The van der Waals surface area contributed by atoms with Crippen molar-refractivity contribution in [1.29, 1.82) is 0 Å². The Morgan fingerprint density at radius 2 is 1.71 bits per heavy atom. The summed E-state index contributed by atoms with van der Waals surface area (Å²) in [5.74, 6) is -1.89. The molecule has 35 heavy (non-hydrogen) atoms. The number of carboxylic acids is 1. The summed E-state index contributed by atoms with van der Waals surface area (Å²) in [6.45, 7) is -0.174. The Morgan fingerprint density at radius 1 is 1.06 bits per heavy atom. The fourth-order valence-electron chi connectivity index (χ4n) is 4.22. The lowest BCUT2D eigenvalue weighted by molar-refractivity contribution is -0.139. The molecule has 0 saturated carbocycles. The van der Waals surface area contributed by atoms with Crippen LogP contribution in [0, 0.1) is 0 Å². The van der Waals surface area contributed by atoms with E-state index in [2.05, 4.69) is 20.6 Å². The van der Waals surface area contributed by atoms with Crippen molar-refractivity contribution in [2.45, 2.75) is 30.9 Å². The standard InChI is InChI=1S/C25H26N4O6/c30-16(10-23(31)32)12-27-24(33)22(9-15-11-26-14-28-15)29-25(34)35-13-21-19-7-3-1-5-17(19)18-6-2-4-8-20(18)21/h1-8,11,14,16,21-22,30H,9-10,12-13H2,(H,26,28)(H,27,33)(H,29,34)(H,31,32). The average Bonchev–Trinajstić information content (AvgIpc) is 3.46. The summed E-state index contributed by atoms with van der Waals surface area (Å²) in [6.07, 6.45) is 0.556. The van der Waals surface area contributed by atoms with Crippen LogP contribution in [0.25, 0.3) is 11.1 Å². The van der Waals surface area contributed by atoms with E-state index in [1.165, 1.54) is 12.5 Å². The van der Waals surface area contributed by atoms with Gasteiger partial charge in [-0.3, -0.25) is 9.59 Å². The van der Waals surface area contributed by atoms with E-state index in [0.717, 1.165) is 22.3 Å². The van der Waals surface area contributed by atoms with Gasteiger partial charge in [0.15, 0.2) is 0 Å². The minimum Gasteiger partial charge on any atom is -0.481 e. The largest absolute Gasteiger partial charge is 0.481 e. The lowest BCUT2D eigenvalue weighted by atomic mass is 9.98. The van der Waals surface area contributed by atoms with Gasteiger partial charge in [0, 0.05) is 30.8 Å². The Labute approximate surface area is 201 Å². The zero-order valence-electron chi connectivity index (χ0n) is 18.8. The third-order valence-electron chi connectivity index (χ3n) is 5.85. The smallest absolute Gasteiger partial charge is 0.407 e. The van der Waals surface area contributed by atoms with E-state index >= 15 is 0 Å². The van der Waals surface area contributed by atoms with Gasteiger partial charge in [-0.05, 0) is 22.3 Å². The Morgan fingerprint density at radius 3 is 2.31 bits per heavy atom. The molecule has 2 amide bonds. The Bertz CT molecular complexity index is 1150. The molecule has 2 aromatic carbocycles. The second-order valence-corrected chi connectivity index (χ2v) is 8.30. The number of ether oxygens (including phenoxy) is 1. The number of aliphatic hydroxyl groups is 1. The van der Waals surface area contributed by atoms with E-state index in [1.807, 2.05) is 48.5 Å². The molecule has 3 aromatic rings. The molecule has 10 nitrogen and oxygen atoms in total. The number of hydrogen-bond acceptors (Lipinski definition) is 6. The fourth-order valence-corrected chi connectivity index (χ4v) is 4.22. The van der Waals surface area contributed by atoms with Crippen molar-refractivity contribution in [3.05, 3.63) is 77.9 Å². The van der Waals surface area contributed by atoms with E-state index in [9.17, 15) is 19.5 Å². The van der Waals surface area contributed by atoms with Crippen LogP contribution in [0.2, 0.25) is 0 Å². The molecule has 0 spiro atoms. The first-order valence-corrected chi connectivity index (χ1v) is 11.2. The van der Waals surface area contributed by atoms with Gasteiger partial charge in [-0.25, -0.2) is 9.78 Å². The number of benzene rings is 2. The molecule has 2 unspecified atom stereocenters.